The molecule has 0 fully saturated rings. The van der Waals surface area contributed by atoms with Crippen LogP contribution in [0.5, 0.6) is 0 Å². The molecule has 0 aromatic heterocycles. The van der Waals surface area contributed by atoms with E-state index in [9.17, 15) is 14.7 Å². The van der Waals surface area contributed by atoms with Gasteiger partial charge < -0.3 is 41.0 Å². The standard InChI is InChI=1S/C34H57N3O6.C2H6.CH3NO/c1-23(21-38)13-12-14-30(41-9)34(43-11)28(6)19-27(5)33(40)31(42-10)18-24(2)17-25(3)32(36-15-16-37(7)8)26(4)20-29(35)22-39;1-2;2-1-3/h12-14,19-22,24,27,30-31,33-34,36,40H,4,15-18,35H2,1-3,5-11H3;1-2H3;1H,(H2,2,3)/b14-12-,23-13+,28-19+,29-20+,32-25-;;/t24?,27-,30?,31?,33?,34?;;/m0../s1. The zero-order valence-electron chi connectivity index (χ0n) is 31.6. The number of nitrogens with one attached hydrogen (secondary N) is 1. The van der Waals surface area contributed by atoms with E-state index < -0.39 is 12.2 Å². The number of amides is 1. The second-order valence-corrected chi connectivity index (χ2v) is 11.7. The molecular formula is C37H66N4O7. The number of nitrogens with two attached hydrogens (primary N) is 2. The zero-order chi connectivity index (χ0) is 37.8. The third-order valence-corrected chi connectivity index (χ3v) is 7.24. The molecule has 0 saturated heterocycles. The Morgan fingerprint density at radius 3 is 2.04 bits per heavy atom. The number of aliphatic hydroxyl groups excluding tert-OH is 1. The molecule has 48 heavy (non-hydrogen) atoms. The van der Waals surface area contributed by atoms with Crippen LogP contribution in [-0.2, 0) is 28.6 Å². The molecule has 6 N–H and O–H groups in total. The lowest BCUT2D eigenvalue weighted by atomic mass is 9.88. The van der Waals surface area contributed by atoms with Gasteiger partial charge in [-0.15, -0.1) is 0 Å². The fourth-order valence-corrected chi connectivity index (χ4v) is 4.92. The molecule has 6 atom stereocenters. The number of ether oxygens (including phenoxy) is 3. The van der Waals surface area contributed by atoms with E-state index in [4.69, 9.17) is 24.7 Å². The van der Waals surface area contributed by atoms with Crippen LogP contribution in [0, 0.1) is 11.8 Å². The molecule has 0 heterocycles. The summed E-state index contributed by atoms with van der Waals surface area (Å²) in [6.07, 6.45) is 10.0. The minimum absolute atomic E-state index is 0.117. The highest BCUT2D eigenvalue weighted by atomic mass is 16.5. The third kappa shape index (κ3) is 21.5. The number of aldehydes is 2. The number of methoxy groups -OCH3 is 3. The molecule has 0 rings (SSSR count). The number of allylic oxidation sites excluding steroid dienone is 6. The van der Waals surface area contributed by atoms with Gasteiger partial charge in [-0.1, -0.05) is 58.6 Å². The lowest BCUT2D eigenvalue weighted by Crippen LogP contribution is -2.35. The molecule has 0 spiro atoms. The molecule has 0 saturated carbocycles. The zero-order valence-corrected chi connectivity index (χ0v) is 31.6. The Bertz CT molecular complexity index is 1080. The van der Waals surface area contributed by atoms with Gasteiger partial charge in [-0.25, -0.2) is 0 Å². The van der Waals surface area contributed by atoms with E-state index in [1.54, 1.807) is 46.5 Å². The summed E-state index contributed by atoms with van der Waals surface area (Å²) in [5.41, 5.74) is 14.2. The Morgan fingerprint density at radius 1 is 1.00 bits per heavy atom. The van der Waals surface area contributed by atoms with Gasteiger partial charge in [-0.3, -0.25) is 14.4 Å². The van der Waals surface area contributed by atoms with Gasteiger partial charge in [-0.2, -0.15) is 0 Å². The SMILES string of the molecule is C=C(/C=C(/N)C=O)/C(NCCN(C)C)=C(\C)CC(C)CC(OC)C(O)[C@@H](C)/C=C(\C)C(OC)C(/C=C\C=C(/C)C=O)OC.CC.NC=O. The van der Waals surface area contributed by atoms with Crippen molar-refractivity contribution in [3.8, 4) is 0 Å². The highest BCUT2D eigenvalue weighted by Gasteiger charge is 2.28. The molecule has 0 radical (unpaired) electrons. The number of hydrogen-bond donors (Lipinski definition) is 4. The summed E-state index contributed by atoms with van der Waals surface area (Å²) in [6, 6.07) is 0. The molecular weight excluding hydrogens is 612 g/mol. The molecule has 0 aromatic rings. The quantitative estimate of drug-likeness (QED) is 0.0563. The van der Waals surface area contributed by atoms with Crippen LogP contribution in [0.1, 0.15) is 61.3 Å². The van der Waals surface area contributed by atoms with Gasteiger partial charge in [0.05, 0.1) is 17.9 Å². The fraction of sp³-hybridized carbons (Fsp3) is 0.595. The van der Waals surface area contributed by atoms with Gasteiger partial charge in [0.1, 0.15) is 18.5 Å². The van der Waals surface area contributed by atoms with Gasteiger partial charge in [0, 0.05) is 46.0 Å². The van der Waals surface area contributed by atoms with Crippen molar-refractivity contribution in [3.05, 3.63) is 70.6 Å². The summed E-state index contributed by atoms with van der Waals surface area (Å²) in [5.74, 6) is -0.0371. The summed E-state index contributed by atoms with van der Waals surface area (Å²) in [4.78, 5) is 32.6. The Labute approximate surface area is 290 Å². The Balaban J connectivity index is -0.00000381. The number of carbonyl (C=O) groups is 3. The lowest BCUT2D eigenvalue weighted by molar-refractivity contribution is -0.107. The monoisotopic (exact) mass is 678 g/mol. The molecule has 1 amide bonds. The number of nitrogens with zero attached hydrogens (tertiary/aromatic N) is 1. The van der Waals surface area contributed by atoms with Crippen LogP contribution in [0.15, 0.2) is 70.6 Å². The average Bonchev–Trinajstić information content (AvgIpc) is 3.05. The van der Waals surface area contributed by atoms with E-state index in [1.165, 1.54) is 0 Å². The summed E-state index contributed by atoms with van der Waals surface area (Å²) < 4.78 is 17.1. The van der Waals surface area contributed by atoms with Crippen molar-refractivity contribution in [2.75, 3.05) is 48.5 Å². The van der Waals surface area contributed by atoms with E-state index in [2.05, 4.69) is 29.5 Å². The van der Waals surface area contributed by atoms with Crippen LogP contribution in [-0.4, -0.2) is 102 Å². The van der Waals surface area contributed by atoms with Gasteiger partial charge >= 0.3 is 0 Å². The van der Waals surface area contributed by atoms with Crippen LogP contribution < -0.4 is 16.8 Å². The number of likely N-dealkylation sites (N-methyl/N-ethyl adjacent to an activating group) is 1. The predicted molar refractivity (Wildman–Crippen MR) is 197 cm³/mol. The van der Waals surface area contributed by atoms with E-state index in [0.717, 1.165) is 36.1 Å². The Kier molecular flexibility index (Phi) is 30.4. The molecule has 11 heteroatoms. The molecule has 11 nitrogen and oxygen atoms in total. The Morgan fingerprint density at radius 2 is 1.58 bits per heavy atom. The van der Waals surface area contributed by atoms with Crippen LogP contribution in [0.25, 0.3) is 0 Å². The molecule has 0 aromatic carbocycles. The van der Waals surface area contributed by atoms with Crippen molar-refractivity contribution in [1.29, 1.82) is 0 Å². The first-order valence-corrected chi connectivity index (χ1v) is 16.3. The first-order chi connectivity index (χ1) is 22.7. The summed E-state index contributed by atoms with van der Waals surface area (Å²) >= 11 is 0. The maximum Gasteiger partial charge on any atom is 0.204 e. The molecule has 0 bridgehead atoms. The molecule has 0 aliphatic rings. The smallest absolute Gasteiger partial charge is 0.204 e. The fourth-order valence-electron chi connectivity index (χ4n) is 4.92. The van der Waals surface area contributed by atoms with Crippen molar-refractivity contribution in [2.24, 2.45) is 23.3 Å². The van der Waals surface area contributed by atoms with Gasteiger partial charge in [0.15, 0.2) is 6.29 Å². The van der Waals surface area contributed by atoms with E-state index in [-0.39, 0.29) is 36.2 Å². The van der Waals surface area contributed by atoms with Crippen LogP contribution in [0.2, 0.25) is 0 Å². The van der Waals surface area contributed by atoms with Crippen molar-refractivity contribution in [3.63, 3.8) is 0 Å². The predicted octanol–water partition coefficient (Wildman–Crippen LogP) is 4.24. The van der Waals surface area contributed by atoms with Crippen LogP contribution in [0.3, 0.4) is 0 Å². The lowest BCUT2D eigenvalue weighted by Gasteiger charge is -2.29. The first-order valence-electron chi connectivity index (χ1n) is 16.3. The van der Waals surface area contributed by atoms with Gasteiger partial charge in [0.2, 0.25) is 6.41 Å². The maximum atomic E-state index is 11.3. The number of rotatable bonds is 22. The first kappa shape index (κ1) is 49.0. The minimum Gasteiger partial charge on any atom is -0.396 e. The number of aliphatic hydroxyl groups is 1. The summed E-state index contributed by atoms with van der Waals surface area (Å²) in [6.45, 7) is 19.5. The summed E-state index contributed by atoms with van der Waals surface area (Å²) in [7, 11) is 8.85. The highest BCUT2D eigenvalue weighted by Crippen LogP contribution is 2.26. The van der Waals surface area contributed by atoms with E-state index in [1.807, 2.05) is 60.9 Å². The Hall–Kier alpha value is -3.35. The third-order valence-electron chi connectivity index (χ3n) is 7.24. The maximum absolute atomic E-state index is 11.3. The topological polar surface area (TPSA) is 166 Å². The van der Waals surface area contributed by atoms with E-state index in [0.29, 0.717) is 30.4 Å². The van der Waals surface area contributed by atoms with Crippen molar-refractivity contribution < 1.29 is 33.7 Å². The molecule has 276 valence electrons. The van der Waals surface area contributed by atoms with Crippen LogP contribution in [0.4, 0.5) is 0 Å². The van der Waals surface area contributed by atoms with E-state index >= 15 is 0 Å². The number of hydrogen-bond acceptors (Lipinski definition) is 10. The number of primary amides is 1. The van der Waals surface area contributed by atoms with Gasteiger partial charge in [0.25, 0.3) is 0 Å². The van der Waals surface area contributed by atoms with Crippen molar-refractivity contribution >= 4 is 19.0 Å². The average molecular weight is 679 g/mol. The normalized spacial score (nSPS) is 16.6. The molecule has 5 unspecified atom stereocenters. The largest absolute Gasteiger partial charge is 0.396 e. The molecule has 0 aliphatic carbocycles. The van der Waals surface area contributed by atoms with Crippen molar-refractivity contribution in [1.82, 2.24) is 10.2 Å². The minimum atomic E-state index is -0.748. The van der Waals surface area contributed by atoms with Gasteiger partial charge in [-0.05, 0) is 82.0 Å². The molecule has 0 aliphatic heterocycles. The highest BCUT2D eigenvalue weighted by molar-refractivity contribution is 5.73. The van der Waals surface area contributed by atoms with Crippen molar-refractivity contribution in [2.45, 2.75) is 85.7 Å². The second kappa shape index (κ2) is 29.8. The second-order valence-electron chi connectivity index (χ2n) is 11.7. The number of carbonyl (C=O) groups excluding carboxylic acids is 3. The van der Waals surface area contributed by atoms with Crippen LogP contribution >= 0.6 is 0 Å². The summed E-state index contributed by atoms with van der Waals surface area (Å²) in [5, 5.41) is 14.7.